The number of carbonyl (C=O) groups is 2. The predicted octanol–water partition coefficient (Wildman–Crippen LogP) is 3.17. The van der Waals surface area contributed by atoms with Crippen molar-refractivity contribution in [2.45, 2.75) is 37.9 Å². The highest BCUT2D eigenvalue weighted by Crippen LogP contribution is 2.27. The fourth-order valence-electron chi connectivity index (χ4n) is 4.12. The van der Waals surface area contributed by atoms with Crippen LogP contribution in [-0.2, 0) is 17.8 Å². The first-order chi connectivity index (χ1) is 14.1. The van der Waals surface area contributed by atoms with Crippen LogP contribution in [0.2, 0.25) is 5.02 Å². The van der Waals surface area contributed by atoms with Gasteiger partial charge in [-0.25, -0.2) is 4.79 Å². The van der Waals surface area contributed by atoms with Crippen molar-refractivity contribution in [3.8, 4) is 0 Å². The number of carbonyl (C=O) groups excluding carboxylic acids is 2. The van der Waals surface area contributed by atoms with Crippen LogP contribution in [0, 0.1) is 0 Å². The molecule has 3 amide bonds. The number of urea groups is 1. The van der Waals surface area contributed by atoms with E-state index in [4.69, 9.17) is 11.6 Å². The summed E-state index contributed by atoms with van der Waals surface area (Å²) >= 11 is 5.86. The summed E-state index contributed by atoms with van der Waals surface area (Å²) < 4.78 is 0. The first-order valence-electron chi connectivity index (χ1n) is 9.98. The molecule has 2 aliphatic heterocycles. The number of anilines is 1. The minimum Gasteiger partial charge on any atom is -0.334 e. The van der Waals surface area contributed by atoms with Gasteiger partial charge in [0.2, 0.25) is 5.91 Å². The predicted molar refractivity (Wildman–Crippen MR) is 114 cm³/mol. The van der Waals surface area contributed by atoms with Crippen LogP contribution in [0.25, 0.3) is 0 Å². The van der Waals surface area contributed by atoms with Crippen molar-refractivity contribution in [2.75, 3.05) is 18.4 Å². The molecular formula is C22H25ClN4O2. The number of nitrogens with zero attached hydrogens (tertiary/aromatic N) is 1. The first kappa shape index (κ1) is 19.7. The van der Waals surface area contributed by atoms with E-state index in [0.717, 1.165) is 37.1 Å². The molecule has 152 valence electrons. The molecule has 2 bridgehead atoms. The molecule has 7 heteroatoms. The van der Waals surface area contributed by atoms with Gasteiger partial charge in [0.25, 0.3) is 0 Å². The fraction of sp³-hybridized carbons (Fsp3) is 0.364. The Balaban J connectivity index is 1.27. The average molecular weight is 413 g/mol. The number of rotatable bonds is 5. The monoisotopic (exact) mass is 412 g/mol. The molecular weight excluding hydrogens is 388 g/mol. The Labute approximate surface area is 175 Å². The SMILES string of the molecule is O=C(NCc1ccc(Cl)cc1)Nc1ccc(CC(=O)N2C3CCC2CNC3)cc1. The van der Waals surface area contributed by atoms with E-state index >= 15 is 0 Å². The number of amides is 3. The van der Waals surface area contributed by atoms with E-state index in [1.165, 1.54) is 0 Å². The van der Waals surface area contributed by atoms with Gasteiger partial charge in [-0.3, -0.25) is 4.79 Å². The van der Waals surface area contributed by atoms with Crippen LogP contribution in [0.15, 0.2) is 48.5 Å². The molecule has 2 aromatic carbocycles. The highest BCUT2D eigenvalue weighted by Gasteiger charge is 2.39. The van der Waals surface area contributed by atoms with E-state index in [1.807, 2.05) is 36.4 Å². The van der Waals surface area contributed by atoms with Crippen molar-refractivity contribution >= 4 is 29.2 Å². The summed E-state index contributed by atoms with van der Waals surface area (Å²) in [6.45, 7) is 2.22. The molecule has 0 aliphatic carbocycles. The van der Waals surface area contributed by atoms with Crippen molar-refractivity contribution in [2.24, 2.45) is 0 Å². The van der Waals surface area contributed by atoms with Crippen molar-refractivity contribution < 1.29 is 9.59 Å². The van der Waals surface area contributed by atoms with E-state index < -0.39 is 0 Å². The number of benzene rings is 2. The molecule has 0 saturated carbocycles. The Morgan fingerprint density at radius 3 is 2.24 bits per heavy atom. The van der Waals surface area contributed by atoms with Gasteiger partial charge in [0.1, 0.15) is 0 Å². The maximum Gasteiger partial charge on any atom is 0.319 e. The van der Waals surface area contributed by atoms with Crippen molar-refractivity contribution in [3.63, 3.8) is 0 Å². The Kier molecular flexibility index (Phi) is 6.02. The third-order valence-electron chi connectivity index (χ3n) is 5.60. The highest BCUT2D eigenvalue weighted by atomic mass is 35.5. The lowest BCUT2D eigenvalue weighted by Gasteiger charge is -2.35. The first-order valence-corrected chi connectivity index (χ1v) is 10.4. The fourth-order valence-corrected chi connectivity index (χ4v) is 4.24. The van der Waals surface area contributed by atoms with E-state index in [-0.39, 0.29) is 11.9 Å². The summed E-state index contributed by atoms with van der Waals surface area (Å²) in [5, 5.41) is 9.69. The smallest absolute Gasteiger partial charge is 0.319 e. The van der Waals surface area contributed by atoms with Crippen LogP contribution in [-0.4, -0.2) is 42.0 Å². The van der Waals surface area contributed by atoms with Crippen LogP contribution in [0.5, 0.6) is 0 Å². The number of hydrogen-bond donors (Lipinski definition) is 3. The zero-order valence-corrected chi connectivity index (χ0v) is 16.9. The van der Waals surface area contributed by atoms with Gasteiger partial charge in [0.05, 0.1) is 6.42 Å². The van der Waals surface area contributed by atoms with Gasteiger partial charge >= 0.3 is 6.03 Å². The maximum absolute atomic E-state index is 12.7. The quantitative estimate of drug-likeness (QED) is 0.706. The Morgan fingerprint density at radius 1 is 0.966 bits per heavy atom. The van der Waals surface area contributed by atoms with E-state index in [1.54, 1.807) is 12.1 Å². The third kappa shape index (κ3) is 4.89. The van der Waals surface area contributed by atoms with Crippen LogP contribution in [0.4, 0.5) is 10.5 Å². The Morgan fingerprint density at radius 2 is 1.59 bits per heavy atom. The zero-order valence-electron chi connectivity index (χ0n) is 16.2. The zero-order chi connectivity index (χ0) is 20.2. The number of fused-ring (bicyclic) bond motifs is 2. The van der Waals surface area contributed by atoms with Crippen molar-refractivity contribution in [3.05, 3.63) is 64.7 Å². The molecule has 29 heavy (non-hydrogen) atoms. The number of hydrogen-bond acceptors (Lipinski definition) is 3. The molecule has 3 N–H and O–H groups in total. The van der Waals surface area contributed by atoms with Gasteiger partial charge in [-0.2, -0.15) is 0 Å². The number of piperazine rings is 1. The molecule has 4 rings (SSSR count). The Hall–Kier alpha value is -2.57. The summed E-state index contributed by atoms with van der Waals surface area (Å²) in [5.74, 6) is 0.195. The van der Waals surface area contributed by atoms with Crippen molar-refractivity contribution in [1.29, 1.82) is 0 Å². The second-order valence-corrected chi connectivity index (χ2v) is 8.09. The summed E-state index contributed by atoms with van der Waals surface area (Å²) in [6, 6.07) is 15.2. The Bertz CT molecular complexity index is 853. The van der Waals surface area contributed by atoms with E-state index in [0.29, 0.717) is 35.8 Å². The maximum atomic E-state index is 12.7. The van der Waals surface area contributed by atoms with Crippen LogP contribution < -0.4 is 16.0 Å². The number of halogens is 1. The lowest BCUT2D eigenvalue weighted by Crippen LogP contribution is -2.54. The molecule has 2 atom stereocenters. The molecule has 2 heterocycles. The normalized spacial score (nSPS) is 20.4. The summed E-state index contributed by atoms with van der Waals surface area (Å²) in [5.41, 5.74) is 2.62. The summed E-state index contributed by atoms with van der Waals surface area (Å²) in [7, 11) is 0. The lowest BCUT2D eigenvalue weighted by atomic mass is 10.1. The second-order valence-electron chi connectivity index (χ2n) is 7.65. The van der Waals surface area contributed by atoms with Gasteiger partial charge < -0.3 is 20.9 Å². The van der Waals surface area contributed by atoms with E-state index in [2.05, 4.69) is 20.9 Å². The van der Waals surface area contributed by atoms with Gasteiger partial charge in [-0.1, -0.05) is 35.9 Å². The largest absolute Gasteiger partial charge is 0.334 e. The van der Waals surface area contributed by atoms with Gasteiger partial charge in [0, 0.05) is 42.4 Å². The van der Waals surface area contributed by atoms with E-state index in [9.17, 15) is 9.59 Å². The molecule has 2 aliphatic rings. The minimum absolute atomic E-state index is 0.195. The van der Waals surface area contributed by atoms with Crippen LogP contribution in [0.3, 0.4) is 0 Å². The van der Waals surface area contributed by atoms with Crippen LogP contribution in [0.1, 0.15) is 24.0 Å². The van der Waals surface area contributed by atoms with Gasteiger partial charge in [0.15, 0.2) is 0 Å². The second kappa shape index (κ2) is 8.84. The molecule has 2 aromatic rings. The molecule has 6 nitrogen and oxygen atoms in total. The van der Waals surface area contributed by atoms with Crippen molar-refractivity contribution in [1.82, 2.24) is 15.5 Å². The standard InChI is InChI=1S/C22H25ClN4O2/c23-17-5-1-16(2-6-17)12-25-22(29)26-18-7-3-15(4-8-18)11-21(28)27-19-9-10-20(27)14-24-13-19/h1-8,19-20,24H,9-14H2,(H2,25,26,29). The molecule has 2 unspecified atom stereocenters. The third-order valence-corrected chi connectivity index (χ3v) is 5.85. The summed E-state index contributed by atoms with van der Waals surface area (Å²) in [6.07, 6.45) is 2.59. The topological polar surface area (TPSA) is 73.5 Å². The van der Waals surface area contributed by atoms with Gasteiger partial charge in [-0.15, -0.1) is 0 Å². The molecule has 0 aromatic heterocycles. The molecule has 0 radical (unpaired) electrons. The average Bonchev–Trinajstić information content (AvgIpc) is 2.98. The molecule has 2 fully saturated rings. The van der Waals surface area contributed by atoms with Crippen LogP contribution >= 0.6 is 11.6 Å². The summed E-state index contributed by atoms with van der Waals surface area (Å²) in [4.78, 5) is 26.9. The van der Waals surface area contributed by atoms with Gasteiger partial charge in [-0.05, 0) is 48.2 Å². The minimum atomic E-state index is -0.277. The molecule has 2 saturated heterocycles. The highest BCUT2D eigenvalue weighted by molar-refractivity contribution is 6.30. The lowest BCUT2D eigenvalue weighted by molar-refractivity contribution is -0.134. The molecule has 0 spiro atoms. The number of nitrogens with one attached hydrogen (secondary N) is 3.